The summed E-state index contributed by atoms with van der Waals surface area (Å²) in [5.74, 6) is 0.0457. The lowest BCUT2D eigenvalue weighted by molar-refractivity contribution is 0.423. The van der Waals surface area contributed by atoms with Crippen molar-refractivity contribution < 1.29 is 24.6 Å². The SMILES string of the molecule is O=S(=O)(F)c1ccc(C2CCC(S(=O)(=O)F)CC2)cc1. The van der Waals surface area contributed by atoms with Gasteiger partial charge in [-0.25, -0.2) is 0 Å². The Morgan fingerprint density at radius 2 is 1.35 bits per heavy atom. The van der Waals surface area contributed by atoms with E-state index in [0.717, 1.165) is 5.56 Å². The Hall–Kier alpha value is -1.02. The second-order valence-corrected chi connectivity index (χ2v) is 7.92. The maximum Gasteiger partial charge on any atom is 0.332 e. The van der Waals surface area contributed by atoms with Gasteiger partial charge in [0.25, 0.3) is 0 Å². The van der Waals surface area contributed by atoms with Crippen molar-refractivity contribution in [3.63, 3.8) is 0 Å². The molecule has 1 saturated carbocycles. The van der Waals surface area contributed by atoms with E-state index in [-0.39, 0.29) is 18.8 Å². The zero-order valence-corrected chi connectivity index (χ0v) is 12.1. The normalized spacial score (nSPS) is 24.5. The van der Waals surface area contributed by atoms with Crippen molar-refractivity contribution >= 4 is 20.4 Å². The minimum atomic E-state index is -4.71. The van der Waals surface area contributed by atoms with Crippen LogP contribution in [0.3, 0.4) is 0 Å². The first-order valence-corrected chi connectivity index (χ1v) is 8.99. The van der Waals surface area contributed by atoms with E-state index >= 15 is 0 Å². The Morgan fingerprint density at radius 3 is 1.75 bits per heavy atom. The molecule has 0 unspecified atom stereocenters. The Bertz CT molecular complexity index is 673. The molecule has 0 atom stereocenters. The van der Waals surface area contributed by atoms with Gasteiger partial charge >= 0.3 is 20.4 Å². The van der Waals surface area contributed by atoms with Crippen molar-refractivity contribution in [2.45, 2.75) is 41.7 Å². The van der Waals surface area contributed by atoms with Crippen LogP contribution in [0.25, 0.3) is 0 Å². The van der Waals surface area contributed by atoms with E-state index in [2.05, 4.69) is 0 Å². The highest BCUT2D eigenvalue weighted by atomic mass is 32.3. The second-order valence-electron chi connectivity index (χ2n) is 4.96. The Kier molecular flexibility index (Phi) is 4.15. The molecule has 0 bridgehead atoms. The van der Waals surface area contributed by atoms with Crippen LogP contribution in [0.4, 0.5) is 7.77 Å². The average Bonchev–Trinajstić information content (AvgIpc) is 2.37. The third-order valence-electron chi connectivity index (χ3n) is 3.71. The first kappa shape index (κ1) is 15.4. The molecule has 0 saturated heterocycles. The fourth-order valence-electron chi connectivity index (χ4n) is 2.58. The molecule has 0 aliphatic heterocycles. The van der Waals surface area contributed by atoms with Gasteiger partial charge in [0.05, 0.1) is 10.1 Å². The van der Waals surface area contributed by atoms with E-state index in [4.69, 9.17) is 0 Å². The van der Waals surface area contributed by atoms with Crippen LogP contribution in [-0.4, -0.2) is 22.1 Å². The number of halogens is 2. The lowest BCUT2D eigenvalue weighted by Gasteiger charge is -2.26. The molecule has 4 nitrogen and oxygen atoms in total. The summed E-state index contributed by atoms with van der Waals surface area (Å²) in [6.07, 6.45) is 1.50. The summed E-state index contributed by atoms with van der Waals surface area (Å²) in [5.41, 5.74) is 0.812. The highest BCUT2D eigenvalue weighted by Crippen LogP contribution is 2.36. The molecule has 1 aliphatic carbocycles. The van der Waals surface area contributed by atoms with E-state index in [0.29, 0.717) is 12.8 Å². The van der Waals surface area contributed by atoms with E-state index in [1.54, 1.807) is 0 Å². The molecule has 0 aromatic heterocycles. The second kappa shape index (κ2) is 5.40. The van der Waals surface area contributed by atoms with E-state index < -0.39 is 30.6 Å². The molecule has 112 valence electrons. The summed E-state index contributed by atoms with van der Waals surface area (Å²) in [5, 5.41) is -0.941. The Balaban J connectivity index is 2.08. The van der Waals surface area contributed by atoms with Crippen molar-refractivity contribution in [3.05, 3.63) is 29.8 Å². The molecule has 20 heavy (non-hydrogen) atoms. The summed E-state index contributed by atoms with van der Waals surface area (Å²) < 4.78 is 68.6. The lowest BCUT2D eigenvalue weighted by atomic mass is 9.84. The molecule has 0 amide bonds. The number of benzene rings is 1. The number of rotatable bonds is 3. The first-order chi connectivity index (χ1) is 9.18. The molecule has 0 N–H and O–H groups in total. The molecule has 1 fully saturated rings. The number of hydrogen-bond acceptors (Lipinski definition) is 4. The molecule has 0 heterocycles. The van der Waals surface area contributed by atoms with Crippen LogP contribution in [0.1, 0.15) is 37.2 Å². The van der Waals surface area contributed by atoms with Crippen LogP contribution in [0.15, 0.2) is 29.2 Å². The van der Waals surface area contributed by atoms with Crippen LogP contribution in [-0.2, 0) is 20.4 Å². The highest BCUT2D eigenvalue weighted by Gasteiger charge is 2.31. The van der Waals surface area contributed by atoms with Crippen molar-refractivity contribution in [2.24, 2.45) is 0 Å². The minimum Gasteiger partial charge on any atom is -0.195 e. The molecule has 0 radical (unpaired) electrons. The van der Waals surface area contributed by atoms with Gasteiger partial charge in [0.2, 0.25) is 0 Å². The van der Waals surface area contributed by atoms with Crippen molar-refractivity contribution in [1.29, 1.82) is 0 Å². The largest absolute Gasteiger partial charge is 0.332 e. The molecular weight excluding hydrogens is 310 g/mol. The van der Waals surface area contributed by atoms with Crippen molar-refractivity contribution in [3.8, 4) is 0 Å². The third kappa shape index (κ3) is 3.54. The predicted octanol–water partition coefficient (Wildman–Crippen LogP) is 2.67. The van der Waals surface area contributed by atoms with Crippen LogP contribution < -0.4 is 0 Å². The monoisotopic (exact) mass is 324 g/mol. The average molecular weight is 324 g/mol. The van der Waals surface area contributed by atoms with Gasteiger partial charge in [-0.1, -0.05) is 12.1 Å². The van der Waals surface area contributed by atoms with E-state index in [1.807, 2.05) is 0 Å². The fraction of sp³-hybridized carbons (Fsp3) is 0.500. The summed E-state index contributed by atoms with van der Waals surface area (Å²) >= 11 is 0. The quantitative estimate of drug-likeness (QED) is 0.802. The molecule has 2 rings (SSSR count). The molecule has 8 heteroatoms. The predicted molar refractivity (Wildman–Crippen MR) is 69.8 cm³/mol. The maximum absolute atomic E-state index is 12.9. The molecule has 1 aromatic rings. The van der Waals surface area contributed by atoms with Crippen molar-refractivity contribution in [2.75, 3.05) is 0 Å². The van der Waals surface area contributed by atoms with Gasteiger partial charge in [0.1, 0.15) is 0 Å². The van der Waals surface area contributed by atoms with Crippen LogP contribution in [0.5, 0.6) is 0 Å². The van der Waals surface area contributed by atoms with Crippen LogP contribution in [0, 0.1) is 0 Å². The van der Waals surface area contributed by atoms with Gasteiger partial charge in [-0.3, -0.25) is 0 Å². The van der Waals surface area contributed by atoms with Gasteiger partial charge in [0.15, 0.2) is 0 Å². The van der Waals surface area contributed by atoms with Gasteiger partial charge in [0, 0.05) is 0 Å². The maximum atomic E-state index is 12.9. The van der Waals surface area contributed by atoms with Crippen LogP contribution in [0.2, 0.25) is 0 Å². The smallest absolute Gasteiger partial charge is 0.195 e. The van der Waals surface area contributed by atoms with Crippen LogP contribution >= 0.6 is 0 Å². The minimum absolute atomic E-state index is 0.0457. The van der Waals surface area contributed by atoms with Crippen molar-refractivity contribution in [1.82, 2.24) is 0 Å². The van der Waals surface area contributed by atoms with E-state index in [9.17, 15) is 24.6 Å². The molecule has 1 aliphatic rings. The summed E-state index contributed by atoms with van der Waals surface area (Å²) in [6, 6.07) is 5.40. The summed E-state index contributed by atoms with van der Waals surface area (Å²) in [4.78, 5) is -0.402. The van der Waals surface area contributed by atoms with Gasteiger partial charge in [-0.05, 0) is 49.3 Å². The van der Waals surface area contributed by atoms with E-state index in [1.165, 1.54) is 24.3 Å². The fourth-order valence-corrected chi connectivity index (χ4v) is 3.88. The zero-order chi connectivity index (χ0) is 15.0. The van der Waals surface area contributed by atoms with Gasteiger partial charge in [-0.2, -0.15) is 16.8 Å². The summed E-state index contributed by atoms with van der Waals surface area (Å²) in [6.45, 7) is 0. The number of hydrogen-bond donors (Lipinski definition) is 0. The third-order valence-corrected chi connectivity index (χ3v) is 5.81. The Morgan fingerprint density at radius 1 is 0.850 bits per heavy atom. The summed E-state index contributed by atoms with van der Waals surface area (Å²) in [7, 11) is -9.19. The first-order valence-electron chi connectivity index (χ1n) is 6.16. The lowest BCUT2D eigenvalue weighted by Crippen LogP contribution is -2.23. The van der Waals surface area contributed by atoms with Gasteiger partial charge in [-0.15, -0.1) is 7.77 Å². The standard InChI is InChI=1S/C12H14F2O4S2/c13-19(15,16)11-5-1-9(2-6-11)10-3-7-12(8-4-10)20(14,17)18/h1-2,5-6,10,12H,3-4,7-8H2. The highest BCUT2D eigenvalue weighted by molar-refractivity contribution is 7.87. The van der Waals surface area contributed by atoms with Gasteiger partial charge < -0.3 is 0 Å². The molecular formula is C12H14F2O4S2. The Labute approximate surface area is 117 Å². The molecule has 0 spiro atoms. The zero-order valence-electron chi connectivity index (χ0n) is 10.5. The molecule has 1 aromatic carbocycles. The topological polar surface area (TPSA) is 68.3 Å².